The zero-order valence-electron chi connectivity index (χ0n) is 12.2. The lowest BCUT2D eigenvalue weighted by molar-refractivity contribution is -0.123. The van der Waals surface area contributed by atoms with Crippen LogP contribution in [0, 0.1) is 11.8 Å². The third-order valence-corrected chi connectivity index (χ3v) is 5.52. The summed E-state index contributed by atoms with van der Waals surface area (Å²) in [7, 11) is 0. The van der Waals surface area contributed by atoms with Crippen molar-refractivity contribution in [2.75, 3.05) is 5.88 Å². The van der Waals surface area contributed by atoms with E-state index >= 15 is 0 Å². The average Bonchev–Trinajstić information content (AvgIpc) is 2.89. The molecule has 0 aromatic heterocycles. The third kappa shape index (κ3) is 4.37. The van der Waals surface area contributed by atoms with Gasteiger partial charge in [-0.1, -0.05) is 45.4 Å². The standard InChI is InChI=1S/C16H28ClNO/c1-13-5-4-10-16(11-13,12-17)18-15(19)9-8-14-6-2-3-7-14/h13-14H,2-12H2,1H3,(H,18,19). The van der Waals surface area contributed by atoms with Crippen molar-refractivity contribution < 1.29 is 4.79 Å². The predicted octanol–water partition coefficient (Wildman–Crippen LogP) is 4.26. The molecule has 2 fully saturated rings. The SMILES string of the molecule is CC1CCCC(CCl)(NC(=O)CCC2CCCC2)C1. The van der Waals surface area contributed by atoms with Crippen molar-refractivity contribution in [3.05, 3.63) is 0 Å². The Balaban J connectivity index is 1.78. The maximum atomic E-state index is 12.2. The van der Waals surface area contributed by atoms with Crippen LogP contribution in [-0.4, -0.2) is 17.3 Å². The molecule has 1 amide bonds. The second-order valence-electron chi connectivity index (χ2n) is 6.85. The first-order chi connectivity index (χ1) is 9.13. The van der Waals surface area contributed by atoms with E-state index in [-0.39, 0.29) is 11.4 Å². The van der Waals surface area contributed by atoms with Gasteiger partial charge in [0.1, 0.15) is 0 Å². The monoisotopic (exact) mass is 285 g/mol. The lowest BCUT2D eigenvalue weighted by Crippen LogP contribution is -2.52. The van der Waals surface area contributed by atoms with E-state index in [1.54, 1.807) is 0 Å². The van der Waals surface area contributed by atoms with Gasteiger partial charge >= 0.3 is 0 Å². The van der Waals surface area contributed by atoms with E-state index in [2.05, 4.69) is 12.2 Å². The summed E-state index contributed by atoms with van der Waals surface area (Å²) in [5.74, 6) is 2.26. The molecule has 0 spiro atoms. The van der Waals surface area contributed by atoms with E-state index in [0.29, 0.717) is 18.2 Å². The highest BCUT2D eigenvalue weighted by Gasteiger charge is 2.35. The Morgan fingerprint density at radius 3 is 2.63 bits per heavy atom. The van der Waals surface area contributed by atoms with E-state index in [9.17, 15) is 4.79 Å². The van der Waals surface area contributed by atoms with Crippen molar-refractivity contribution in [2.45, 2.75) is 76.7 Å². The molecule has 0 aromatic rings. The van der Waals surface area contributed by atoms with Crippen LogP contribution in [0.15, 0.2) is 0 Å². The van der Waals surface area contributed by atoms with Crippen molar-refractivity contribution in [1.29, 1.82) is 0 Å². The molecule has 2 rings (SSSR count). The van der Waals surface area contributed by atoms with Crippen LogP contribution in [0.4, 0.5) is 0 Å². The van der Waals surface area contributed by atoms with Crippen LogP contribution >= 0.6 is 11.6 Å². The van der Waals surface area contributed by atoms with Gasteiger partial charge in [0.2, 0.25) is 5.91 Å². The Morgan fingerprint density at radius 1 is 1.26 bits per heavy atom. The number of rotatable bonds is 5. The zero-order valence-corrected chi connectivity index (χ0v) is 13.0. The maximum Gasteiger partial charge on any atom is 0.220 e. The van der Waals surface area contributed by atoms with Crippen LogP contribution in [0.2, 0.25) is 0 Å². The summed E-state index contributed by atoms with van der Waals surface area (Å²) in [6, 6.07) is 0. The van der Waals surface area contributed by atoms with Gasteiger partial charge in [-0.15, -0.1) is 11.6 Å². The number of hydrogen-bond donors (Lipinski definition) is 1. The summed E-state index contributed by atoms with van der Waals surface area (Å²) in [6.45, 7) is 2.27. The molecular formula is C16H28ClNO. The summed E-state index contributed by atoms with van der Waals surface area (Å²) < 4.78 is 0. The van der Waals surface area contributed by atoms with Crippen molar-refractivity contribution in [1.82, 2.24) is 5.32 Å². The van der Waals surface area contributed by atoms with Gasteiger partial charge < -0.3 is 5.32 Å². The molecule has 2 aliphatic carbocycles. The van der Waals surface area contributed by atoms with Gasteiger partial charge in [0, 0.05) is 12.3 Å². The first kappa shape index (κ1) is 15.2. The lowest BCUT2D eigenvalue weighted by atomic mass is 9.77. The fourth-order valence-corrected chi connectivity index (χ4v) is 4.23. The van der Waals surface area contributed by atoms with Crippen LogP contribution in [-0.2, 0) is 4.79 Å². The predicted molar refractivity (Wildman–Crippen MR) is 80.4 cm³/mol. The van der Waals surface area contributed by atoms with Gasteiger partial charge in [-0.3, -0.25) is 4.79 Å². The molecule has 2 unspecified atom stereocenters. The molecule has 2 aliphatic rings. The van der Waals surface area contributed by atoms with Crippen LogP contribution in [0.3, 0.4) is 0 Å². The Kier molecular flexibility index (Phi) is 5.56. The Bertz CT molecular complexity index is 301. The molecule has 3 heteroatoms. The highest BCUT2D eigenvalue weighted by molar-refractivity contribution is 6.18. The molecule has 2 saturated carbocycles. The van der Waals surface area contributed by atoms with Crippen LogP contribution in [0.5, 0.6) is 0 Å². The first-order valence-electron chi connectivity index (χ1n) is 8.00. The lowest BCUT2D eigenvalue weighted by Gasteiger charge is -2.39. The molecule has 0 aliphatic heterocycles. The molecule has 0 saturated heterocycles. The molecule has 2 atom stereocenters. The number of alkyl halides is 1. The summed E-state index contributed by atoms with van der Waals surface area (Å²) in [5, 5.41) is 3.27. The topological polar surface area (TPSA) is 29.1 Å². The summed E-state index contributed by atoms with van der Waals surface area (Å²) in [6.07, 6.45) is 11.7. The maximum absolute atomic E-state index is 12.2. The smallest absolute Gasteiger partial charge is 0.220 e. The number of carbonyl (C=O) groups is 1. The largest absolute Gasteiger partial charge is 0.349 e. The number of halogens is 1. The minimum Gasteiger partial charge on any atom is -0.349 e. The summed E-state index contributed by atoms with van der Waals surface area (Å²) >= 11 is 6.16. The molecule has 110 valence electrons. The van der Waals surface area contributed by atoms with Gasteiger partial charge in [-0.05, 0) is 31.1 Å². The normalized spacial score (nSPS) is 32.4. The van der Waals surface area contributed by atoms with Crippen molar-refractivity contribution in [2.24, 2.45) is 11.8 Å². The van der Waals surface area contributed by atoms with Crippen LogP contribution < -0.4 is 5.32 Å². The summed E-state index contributed by atoms with van der Waals surface area (Å²) in [4.78, 5) is 12.2. The van der Waals surface area contributed by atoms with Gasteiger partial charge in [-0.25, -0.2) is 0 Å². The highest BCUT2D eigenvalue weighted by Crippen LogP contribution is 2.34. The Morgan fingerprint density at radius 2 is 2.00 bits per heavy atom. The first-order valence-corrected chi connectivity index (χ1v) is 8.54. The molecule has 0 radical (unpaired) electrons. The van der Waals surface area contributed by atoms with E-state index in [1.165, 1.54) is 38.5 Å². The Labute approximate surface area is 122 Å². The zero-order chi connectivity index (χ0) is 13.7. The summed E-state index contributed by atoms with van der Waals surface area (Å²) in [5.41, 5.74) is -0.119. The van der Waals surface area contributed by atoms with Crippen LogP contribution in [0.1, 0.15) is 71.1 Å². The fourth-order valence-electron chi connectivity index (χ4n) is 3.92. The molecule has 0 bridgehead atoms. The second-order valence-corrected chi connectivity index (χ2v) is 7.12. The molecule has 0 aromatic carbocycles. The minimum absolute atomic E-state index is 0.119. The van der Waals surface area contributed by atoms with Crippen LogP contribution in [0.25, 0.3) is 0 Å². The fraction of sp³-hybridized carbons (Fsp3) is 0.938. The van der Waals surface area contributed by atoms with Crippen molar-refractivity contribution in [3.63, 3.8) is 0 Å². The molecule has 2 nitrogen and oxygen atoms in total. The number of carbonyl (C=O) groups excluding carboxylic acids is 1. The molecule has 19 heavy (non-hydrogen) atoms. The molecule has 1 N–H and O–H groups in total. The average molecular weight is 286 g/mol. The molecule has 0 heterocycles. The second kappa shape index (κ2) is 6.97. The quantitative estimate of drug-likeness (QED) is 0.751. The van der Waals surface area contributed by atoms with E-state index in [1.807, 2.05) is 0 Å². The van der Waals surface area contributed by atoms with E-state index in [4.69, 9.17) is 11.6 Å². The van der Waals surface area contributed by atoms with Crippen molar-refractivity contribution in [3.8, 4) is 0 Å². The van der Waals surface area contributed by atoms with Crippen molar-refractivity contribution >= 4 is 17.5 Å². The van der Waals surface area contributed by atoms with E-state index < -0.39 is 0 Å². The van der Waals surface area contributed by atoms with E-state index in [0.717, 1.165) is 25.2 Å². The molecular weight excluding hydrogens is 258 g/mol. The van der Waals surface area contributed by atoms with Gasteiger partial charge in [0.15, 0.2) is 0 Å². The number of hydrogen-bond acceptors (Lipinski definition) is 1. The van der Waals surface area contributed by atoms with Gasteiger partial charge in [0.05, 0.1) is 5.54 Å². The van der Waals surface area contributed by atoms with Gasteiger partial charge in [0.25, 0.3) is 0 Å². The number of amides is 1. The Hall–Kier alpha value is -0.240. The minimum atomic E-state index is -0.119. The number of nitrogens with one attached hydrogen (secondary N) is 1. The highest BCUT2D eigenvalue weighted by atomic mass is 35.5. The van der Waals surface area contributed by atoms with Gasteiger partial charge in [-0.2, -0.15) is 0 Å². The third-order valence-electron chi connectivity index (χ3n) is 5.01.